The number of thioether (sulfide) groups is 1. The number of sulfonamides is 1. The second-order valence-electron chi connectivity index (χ2n) is 6.43. The lowest BCUT2D eigenvalue weighted by molar-refractivity contribution is -0.121. The van der Waals surface area contributed by atoms with Gasteiger partial charge in [-0.25, -0.2) is 8.42 Å². The molecule has 146 valence electrons. The molecule has 1 aliphatic rings. The highest BCUT2D eigenvalue weighted by molar-refractivity contribution is 7.99. The second-order valence-corrected chi connectivity index (χ2v) is 10.6. The normalized spacial score (nSPS) is 16.5. The van der Waals surface area contributed by atoms with Crippen molar-refractivity contribution in [1.82, 2.24) is 5.32 Å². The number of amides is 1. The molecule has 0 aliphatic heterocycles. The zero-order chi connectivity index (χ0) is 19.3. The number of hydrogen-bond acceptors (Lipinski definition) is 4. The van der Waals surface area contributed by atoms with E-state index in [9.17, 15) is 13.2 Å². The van der Waals surface area contributed by atoms with Gasteiger partial charge in [-0.2, -0.15) is 11.8 Å². The molecular weight excluding hydrogens is 415 g/mol. The summed E-state index contributed by atoms with van der Waals surface area (Å²) >= 11 is 13.8. The van der Waals surface area contributed by atoms with Gasteiger partial charge >= 0.3 is 0 Å². The predicted molar refractivity (Wildman–Crippen MR) is 111 cm³/mol. The molecule has 1 fully saturated rings. The van der Waals surface area contributed by atoms with Crippen molar-refractivity contribution >= 4 is 56.6 Å². The van der Waals surface area contributed by atoms with Crippen LogP contribution in [0.2, 0.25) is 10.0 Å². The molecule has 0 heterocycles. The summed E-state index contributed by atoms with van der Waals surface area (Å²) in [7, 11) is -3.69. The van der Waals surface area contributed by atoms with Crippen molar-refractivity contribution in [1.29, 1.82) is 0 Å². The number of anilines is 1. The summed E-state index contributed by atoms with van der Waals surface area (Å²) in [6, 6.07) is 3.57. The zero-order valence-corrected chi connectivity index (χ0v) is 18.0. The van der Waals surface area contributed by atoms with Crippen LogP contribution in [0.25, 0.3) is 0 Å². The Morgan fingerprint density at radius 3 is 2.38 bits per heavy atom. The third-order valence-electron chi connectivity index (χ3n) is 4.25. The SMILES string of the molecule is C[C@H](C(=O)NCCSC1CCCC1)N(c1cc(Cl)cc(Cl)c1)S(C)(=O)=O. The number of nitrogens with one attached hydrogen (secondary N) is 1. The summed E-state index contributed by atoms with van der Waals surface area (Å²) < 4.78 is 25.6. The Morgan fingerprint density at radius 1 is 1.27 bits per heavy atom. The molecule has 1 saturated carbocycles. The maximum Gasteiger partial charge on any atom is 0.243 e. The number of carbonyl (C=O) groups excluding carboxylic acids is 1. The van der Waals surface area contributed by atoms with Gasteiger partial charge in [-0.1, -0.05) is 36.0 Å². The van der Waals surface area contributed by atoms with Crippen LogP contribution in [0.5, 0.6) is 0 Å². The van der Waals surface area contributed by atoms with Crippen LogP contribution in [0.15, 0.2) is 18.2 Å². The van der Waals surface area contributed by atoms with Crippen molar-refractivity contribution in [3.63, 3.8) is 0 Å². The molecule has 2 rings (SSSR count). The highest BCUT2D eigenvalue weighted by atomic mass is 35.5. The molecule has 0 aromatic heterocycles. The highest BCUT2D eigenvalue weighted by Crippen LogP contribution is 2.30. The Labute approximate surface area is 169 Å². The fourth-order valence-electron chi connectivity index (χ4n) is 3.08. The number of halogens is 2. The molecule has 1 N–H and O–H groups in total. The van der Waals surface area contributed by atoms with Crippen LogP contribution >= 0.6 is 35.0 Å². The lowest BCUT2D eigenvalue weighted by Crippen LogP contribution is -2.48. The molecule has 5 nitrogen and oxygen atoms in total. The van der Waals surface area contributed by atoms with Crippen molar-refractivity contribution in [3.8, 4) is 0 Å². The van der Waals surface area contributed by atoms with Crippen LogP contribution < -0.4 is 9.62 Å². The van der Waals surface area contributed by atoms with E-state index in [1.165, 1.54) is 43.9 Å². The van der Waals surface area contributed by atoms with Gasteiger partial charge in [0.15, 0.2) is 0 Å². The van der Waals surface area contributed by atoms with E-state index in [0.717, 1.165) is 16.3 Å². The predicted octanol–water partition coefficient (Wildman–Crippen LogP) is 3.94. The van der Waals surface area contributed by atoms with Crippen LogP contribution in [0.1, 0.15) is 32.6 Å². The molecule has 0 radical (unpaired) electrons. The fraction of sp³-hybridized carbons (Fsp3) is 0.588. The second kappa shape index (κ2) is 9.53. The maximum absolute atomic E-state index is 12.5. The van der Waals surface area contributed by atoms with Gasteiger partial charge in [0.25, 0.3) is 0 Å². The van der Waals surface area contributed by atoms with E-state index in [-0.39, 0.29) is 11.6 Å². The summed E-state index contributed by atoms with van der Waals surface area (Å²) in [6.45, 7) is 2.06. The molecule has 1 aromatic carbocycles. The van der Waals surface area contributed by atoms with Gasteiger partial charge in [0.05, 0.1) is 11.9 Å². The molecular formula is C17H24Cl2N2O3S2. The van der Waals surface area contributed by atoms with Crippen LogP contribution in [0.3, 0.4) is 0 Å². The van der Waals surface area contributed by atoms with Crippen LogP contribution in [0, 0.1) is 0 Å². The number of benzene rings is 1. The highest BCUT2D eigenvalue weighted by Gasteiger charge is 2.29. The molecule has 1 amide bonds. The third-order valence-corrected chi connectivity index (χ3v) is 7.31. The van der Waals surface area contributed by atoms with E-state index in [1.807, 2.05) is 11.8 Å². The molecule has 1 aromatic rings. The quantitative estimate of drug-likeness (QED) is 0.624. The first kappa shape index (κ1) is 21.7. The lowest BCUT2D eigenvalue weighted by Gasteiger charge is -2.28. The smallest absolute Gasteiger partial charge is 0.243 e. The molecule has 0 bridgehead atoms. The molecule has 26 heavy (non-hydrogen) atoms. The van der Waals surface area contributed by atoms with E-state index in [0.29, 0.717) is 21.8 Å². The largest absolute Gasteiger partial charge is 0.353 e. The first-order chi connectivity index (χ1) is 12.2. The Morgan fingerprint density at radius 2 is 1.85 bits per heavy atom. The van der Waals surface area contributed by atoms with E-state index < -0.39 is 16.1 Å². The Balaban J connectivity index is 2.01. The van der Waals surface area contributed by atoms with Crippen molar-refractivity contribution in [2.45, 2.75) is 43.9 Å². The average Bonchev–Trinajstić information content (AvgIpc) is 3.02. The third kappa shape index (κ3) is 6.22. The number of carbonyl (C=O) groups is 1. The minimum Gasteiger partial charge on any atom is -0.353 e. The number of rotatable bonds is 8. The van der Waals surface area contributed by atoms with Gasteiger partial charge in [0, 0.05) is 27.6 Å². The molecule has 0 spiro atoms. The van der Waals surface area contributed by atoms with E-state index in [1.54, 1.807) is 6.92 Å². The van der Waals surface area contributed by atoms with Crippen LogP contribution in [-0.4, -0.2) is 44.2 Å². The van der Waals surface area contributed by atoms with Gasteiger partial charge in [-0.15, -0.1) is 0 Å². The Hall–Kier alpha value is -0.630. The first-order valence-corrected chi connectivity index (χ1v) is 12.2. The Bertz CT molecular complexity index is 717. The maximum atomic E-state index is 12.5. The lowest BCUT2D eigenvalue weighted by atomic mass is 10.2. The van der Waals surface area contributed by atoms with Gasteiger partial charge < -0.3 is 5.32 Å². The summed E-state index contributed by atoms with van der Waals surface area (Å²) in [5.41, 5.74) is 0.271. The summed E-state index contributed by atoms with van der Waals surface area (Å²) in [5, 5.41) is 4.13. The van der Waals surface area contributed by atoms with Gasteiger partial charge in [0.2, 0.25) is 15.9 Å². The van der Waals surface area contributed by atoms with Crippen molar-refractivity contribution in [2.75, 3.05) is 22.9 Å². The van der Waals surface area contributed by atoms with Crippen molar-refractivity contribution in [3.05, 3.63) is 28.2 Å². The first-order valence-electron chi connectivity index (χ1n) is 8.53. The van der Waals surface area contributed by atoms with Crippen molar-refractivity contribution < 1.29 is 13.2 Å². The Kier molecular flexibility index (Phi) is 7.94. The van der Waals surface area contributed by atoms with Crippen molar-refractivity contribution in [2.24, 2.45) is 0 Å². The summed E-state index contributed by atoms with van der Waals surface area (Å²) in [4.78, 5) is 12.5. The average molecular weight is 439 g/mol. The summed E-state index contributed by atoms with van der Waals surface area (Å²) in [5.74, 6) is 0.476. The van der Waals surface area contributed by atoms with Crippen LogP contribution in [-0.2, 0) is 14.8 Å². The molecule has 0 unspecified atom stereocenters. The molecule has 1 aliphatic carbocycles. The van der Waals surface area contributed by atoms with Gasteiger partial charge in [-0.05, 0) is 38.0 Å². The number of nitrogens with zero attached hydrogens (tertiary/aromatic N) is 1. The minimum atomic E-state index is -3.69. The monoisotopic (exact) mass is 438 g/mol. The van der Waals surface area contributed by atoms with Crippen LogP contribution in [0.4, 0.5) is 5.69 Å². The van der Waals surface area contributed by atoms with E-state index >= 15 is 0 Å². The summed E-state index contributed by atoms with van der Waals surface area (Å²) in [6.07, 6.45) is 6.11. The van der Waals surface area contributed by atoms with Gasteiger partial charge in [-0.3, -0.25) is 9.10 Å². The van der Waals surface area contributed by atoms with E-state index in [2.05, 4.69) is 5.32 Å². The zero-order valence-electron chi connectivity index (χ0n) is 14.9. The van der Waals surface area contributed by atoms with E-state index in [4.69, 9.17) is 23.2 Å². The van der Waals surface area contributed by atoms with Gasteiger partial charge in [0.1, 0.15) is 6.04 Å². The standard InChI is InChI=1S/C17H24Cl2N2O3S2/c1-12(17(22)20-7-8-25-16-5-3-4-6-16)21(26(2,23)24)15-10-13(18)9-14(19)11-15/h9-12,16H,3-8H2,1-2H3,(H,20,22)/t12-/m1/s1. The topological polar surface area (TPSA) is 66.5 Å². The minimum absolute atomic E-state index is 0.271. The molecule has 1 atom stereocenters. The molecule has 0 saturated heterocycles. The number of hydrogen-bond donors (Lipinski definition) is 1. The fourth-order valence-corrected chi connectivity index (χ4v) is 5.97. The molecule has 9 heteroatoms.